The Labute approximate surface area is 173 Å². The molecule has 0 aliphatic carbocycles. The summed E-state index contributed by atoms with van der Waals surface area (Å²) in [5, 5.41) is 6.31. The lowest BCUT2D eigenvalue weighted by Gasteiger charge is -2.14. The van der Waals surface area contributed by atoms with E-state index in [1.54, 1.807) is 12.1 Å². The van der Waals surface area contributed by atoms with Crippen LogP contribution in [0.3, 0.4) is 0 Å². The van der Waals surface area contributed by atoms with Gasteiger partial charge >= 0.3 is 6.18 Å². The van der Waals surface area contributed by atoms with Gasteiger partial charge in [-0.3, -0.25) is 4.79 Å². The average Bonchev–Trinajstić information content (AvgIpc) is 3.12. The lowest BCUT2D eigenvalue weighted by molar-refractivity contribution is -0.141. The van der Waals surface area contributed by atoms with E-state index in [2.05, 4.69) is 10.4 Å². The quantitative estimate of drug-likeness (QED) is 0.548. The summed E-state index contributed by atoms with van der Waals surface area (Å²) in [6.07, 6.45) is -4.69. The second kappa shape index (κ2) is 8.43. The van der Waals surface area contributed by atoms with Gasteiger partial charge in [0.15, 0.2) is 17.3 Å². The van der Waals surface area contributed by atoms with Gasteiger partial charge in [0, 0.05) is 10.6 Å². The molecule has 1 N–H and O–H groups in total. The SMILES string of the molecule is CC(C(=O)NCc1cc(C(F)(F)F)nn1-c1cccc(Cl)c1)c1cccc(F)c1F. The Morgan fingerprint density at radius 2 is 1.87 bits per heavy atom. The minimum atomic E-state index is -4.69. The summed E-state index contributed by atoms with van der Waals surface area (Å²) in [5.41, 5.74) is -1.00. The fourth-order valence-electron chi connectivity index (χ4n) is 2.84. The largest absolute Gasteiger partial charge is 0.435 e. The summed E-state index contributed by atoms with van der Waals surface area (Å²) in [5.74, 6) is -4.00. The van der Waals surface area contributed by atoms with Crippen LogP contribution >= 0.6 is 11.6 Å². The number of aromatic nitrogens is 2. The predicted molar refractivity (Wildman–Crippen MR) is 100 cm³/mol. The topological polar surface area (TPSA) is 46.9 Å². The van der Waals surface area contributed by atoms with Crippen molar-refractivity contribution in [1.82, 2.24) is 15.1 Å². The van der Waals surface area contributed by atoms with E-state index in [0.29, 0.717) is 5.02 Å². The molecule has 0 aliphatic heterocycles. The van der Waals surface area contributed by atoms with Crippen LogP contribution in [0.15, 0.2) is 48.5 Å². The lowest BCUT2D eigenvalue weighted by Crippen LogP contribution is -2.29. The molecule has 1 unspecified atom stereocenters. The van der Waals surface area contributed by atoms with Crippen LogP contribution < -0.4 is 5.32 Å². The fourth-order valence-corrected chi connectivity index (χ4v) is 3.03. The average molecular weight is 444 g/mol. The molecule has 10 heteroatoms. The Morgan fingerprint density at radius 3 is 2.53 bits per heavy atom. The molecule has 1 heterocycles. The van der Waals surface area contributed by atoms with Gasteiger partial charge in [-0.25, -0.2) is 13.5 Å². The maximum absolute atomic E-state index is 13.9. The first-order chi connectivity index (χ1) is 14.1. The zero-order valence-corrected chi connectivity index (χ0v) is 16.2. The molecule has 1 aromatic heterocycles. The fraction of sp³-hybridized carbons (Fsp3) is 0.200. The van der Waals surface area contributed by atoms with Crippen LogP contribution in [0.25, 0.3) is 5.69 Å². The Bertz CT molecular complexity index is 1080. The number of hydrogen-bond donors (Lipinski definition) is 1. The summed E-state index contributed by atoms with van der Waals surface area (Å²) in [6.45, 7) is 1.04. The van der Waals surface area contributed by atoms with Gasteiger partial charge in [-0.2, -0.15) is 18.3 Å². The molecule has 0 saturated heterocycles. The Balaban J connectivity index is 1.86. The standard InChI is InChI=1S/C20H15ClF5N3O/c1-11(15-6-3-7-16(22)18(15)23)19(30)27-10-14-9-17(20(24,25)26)28-29(14)13-5-2-4-12(21)8-13/h2-9,11H,10H2,1H3,(H,27,30). The zero-order chi connectivity index (χ0) is 22.1. The number of carbonyl (C=O) groups excluding carboxylic acids is 1. The highest BCUT2D eigenvalue weighted by molar-refractivity contribution is 6.30. The third-order valence-corrected chi connectivity index (χ3v) is 4.65. The van der Waals surface area contributed by atoms with Crippen molar-refractivity contribution < 1.29 is 26.7 Å². The van der Waals surface area contributed by atoms with E-state index in [9.17, 15) is 26.7 Å². The summed E-state index contributed by atoms with van der Waals surface area (Å²) in [6, 6.07) is 10.3. The molecule has 4 nitrogen and oxygen atoms in total. The van der Waals surface area contributed by atoms with Gasteiger partial charge in [0.05, 0.1) is 23.8 Å². The highest BCUT2D eigenvalue weighted by Gasteiger charge is 2.35. The van der Waals surface area contributed by atoms with E-state index < -0.39 is 35.3 Å². The van der Waals surface area contributed by atoms with Crippen molar-refractivity contribution in [3.63, 3.8) is 0 Å². The molecule has 1 atom stereocenters. The number of hydrogen-bond acceptors (Lipinski definition) is 2. The van der Waals surface area contributed by atoms with Crippen LogP contribution in [-0.2, 0) is 17.5 Å². The molecule has 2 aromatic carbocycles. The lowest BCUT2D eigenvalue weighted by atomic mass is 9.99. The molecule has 1 amide bonds. The van der Waals surface area contributed by atoms with Crippen molar-refractivity contribution in [2.75, 3.05) is 0 Å². The van der Waals surface area contributed by atoms with Gasteiger partial charge in [0.25, 0.3) is 0 Å². The summed E-state index contributed by atoms with van der Waals surface area (Å²) < 4.78 is 67.8. The third kappa shape index (κ3) is 4.62. The van der Waals surface area contributed by atoms with Gasteiger partial charge in [0.2, 0.25) is 5.91 Å². The Kier molecular flexibility index (Phi) is 6.12. The van der Waals surface area contributed by atoms with Crippen molar-refractivity contribution in [3.05, 3.63) is 82.1 Å². The number of rotatable bonds is 5. The molecular weight excluding hydrogens is 429 g/mol. The third-order valence-electron chi connectivity index (χ3n) is 4.41. The second-order valence-electron chi connectivity index (χ2n) is 6.49. The molecule has 0 bridgehead atoms. The van der Waals surface area contributed by atoms with Crippen molar-refractivity contribution in [2.45, 2.75) is 25.6 Å². The van der Waals surface area contributed by atoms with E-state index >= 15 is 0 Å². The van der Waals surface area contributed by atoms with Gasteiger partial charge in [-0.1, -0.05) is 29.8 Å². The molecule has 30 heavy (non-hydrogen) atoms. The number of nitrogens with zero attached hydrogens (tertiary/aromatic N) is 2. The first-order valence-corrected chi connectivity index (χ1v) is 9.09. The minimum Gasteiger partial charge on any atom is -0.350 e. The molecular formula is C20H15ClF5N3O. The normalized spacial score (nSPS) is 12.6. The van der Waals surface area contributed by atoms with Gasteiger partial charge in [0.1, 0.15) is 0 Å². The molecule has 0 fully saturated rings. The van der Waals surface area contributed by atoms with E-state index in [0.717, 1.165) is 16.8 Å². The second-order valence-corrected chi connectivity index (χ2v) is 6.93. The van der Waals surface area contributed by atoms with E-state index in [4.69, 9.17) is 11.6 Å². The van der Waals surface area contributed by atoms with Crippen LogP contribution in [0.1, 0.15) is 29.8 Å². The Hall–Kier alpha value is -2.94. The Morgan fingerprint density at radius 1 is 1.17 bits per heavy atom. The van der Waals surface area contributed by atoms with Crippen LogP contribution in [0.2, 0.25) is 5.02 Å². The van der Waals surface area contributed by atoms with Gasteiger partial charge in [-0.05, 0) is 37.3 Å². The highest BCUT2D eigenvalue weighted by atomic mass is 35.5. The number of nitrogens with one attached hydrogen (secondary N) is 1. The number of carbonyl (C=O) groups is 1. The van der Waals surface area contributed by atoms with Gasteiger partial charge < -0.3 is 5.32 Å². The van der Waals surface area contributed by atoms with Crippen LogP contribution in [-0.4, -0.2) is 15.7 Å². The van der Waals surface area contributed by atoms with Crippen LogP contribution in [0.4, 0.5) is 22.0 Å². The van der Waals surface area contributed by atoms with Crippen molar-refractivity contribution >= 4 is 17.5 Å². The summed E-state index contributed by atoms with van der Waals surface area (Å²) >= 11 is 5.91. The predicted octanol–water partition coefficient (Wildman–Crippen LogP) is 5.24. The van der Waals surface area contributed by atoms with Crippen molar-refractivity contribution in [1.29, 1.82) is 0 Å². The molecule has 0 radical (unpaired) electrons. The number of halogens is 6. The monoisotopic (exact) mass is 443 g/mol. The smallest absolute Gasteiger partial charge is 0.350 e. The number of benzene rings is 2. The van der Waals surface area contributed by atoms with E-state index in [-0.39, 0.29) is 23.5 Å². The molecule has 3 rings (SSSR count). The molecule has 0 saturated carbocycles. The first kappa shape index (κ1) is 21.8. The maximum Gasteiger partial charge on any atom is 0.435 e. The zero-order valence-electron chi connectivity index (χ0n) is 15.5. The van der Waals surface area contributed by atoms with E-state index in [1.165, 1.54) is 31.2 Å². The minimum absolute atomic E-state index is 0.0323. The van der Waals surface area contributed by atoms with Crippen molar-refractivity contribution in [3.8, 4) is 5.69 Å². The highest BCUT2D eigenvalue weighted by Crippen LogP contribution is 2.30. The summed E-state index contributed by atoms with van der Waals surface area (Å²) in [4.78, 5) is 12.4. The summed E-state index contributed by atoms with van der Waals surface area (Å²) in [7, 11) is 0. The molecule has 0 spiro atoms. The first-order valence-electron chi connectivity index (χ1n) is 8.71. The maximum atomic E-state index is 13.9. The van der Waals surface area contributed by atoms with Crippen molar-refractivity contribution in [2.24, 2.45) is 0 Å². The number of amides is 1. The van der Waals surface area contributed by atoms with Gasteiger partial charge in [-0.15, -0.1) is 0 Å². The van der Waals surface area contributed by atoms with E-state index in [1.807, 2.05) is 0 Å². The molecule has 0 aliphatic rings. The molecule has 158 valence electrons. The molecule has 3 aromatic rings. The van der Waals surface area contributed by atoms with Crippen LogP contribution in [0, 0.1) is 11.6 Å². The van der Waals surface area contributed by atoms with Crippen LogP contribution in [0.5, 0.6) is 0 Å². The number of alkyl halides is 3.